The second kappa shape index (κ2) is 6.79. The Hall–Kier alpha value is -1.84. The molecule has 1 N–H and O–H groups in total. The largest absolute Gasteiger partial charge is 0.468 e. The highest BCUT2D eigenvalue weighted by atomic mass is 16.5. The van der Waals surface area contributed by atoms with Crippen molar-refractivity contribution in [2.75, 3.05) is 13.7 Å². The Morgan fingerprint density at radius 1 is 1.39 bits per heavy atom. The van der Waals surface area contributed by atoms with Crippen molar-refractivity contribution in [2.45, 2.75) is 20.8 Å². The second-order valence-corrected chi connectivity index (χ2v) is 4.51. The highest BCUT2D eigenvalue weighted by Gasteiger charge is 2.11. The van der Waals surface area contributed by atoms with E-state index in [9.17, 15) is 4.79 Å². The lowest BCUT2D eigenvalue weighted by Crippen LogP contribution is -2.32. The number of carbonyl (C=O) groups is 1. The molecule has 0 atom stereocenters. The molecule has 1 aromatic rings. The van der Waals surface area contributed by atoms with Gasteiger partial charge in [-0.25, -0.2) is 4.99 Å². The van der Waals surface area contributed by atoms with Crippen LogP contribution in [0, 0.1) is 12.8 Å². The van der Waals surface area contributed by atoms with Gasteiger partial charge in [-0.1, -0.05) is 32.0 Å². The van der Waals surface area contributed by atoms with Crippen LogP contribution in [0.1, 0.15) is 29.8 Å². The molecule has 0 bridgehead atoms. The summed E-state index contributed by atoms with van der Waals surface area (Å²) in [6.07, 6.45) is 0. The molecular formula is C14H20N2O2. The maximum absolute atomic E-state index is 12.0. The molecule has 1 rings (SSSR count). The fourth-order valence-electron chi connectivity index (χ4n) is 1.41. The maximum Gasteiger partial charge on any atom is 0.291 e. The zero-order chi connectivity index (χ0) is 13.5. The number of rotatable bonds is 3. The first-order valence-corrected chi connectivity index (χ1v) is 6.00. The number of aliphatic imine (C=N–C) groups is 1. The van der Waals surface area contributed by atoms with Gasteiger partial charge in [-0.15, -0.1) is 0 Å². The van der Waals surface area contributed by atoms with Crippen LogP contribution >= 0.6 is 0 Å². The molecule has 0 fully saturated rings. The summed E-state index contributed by atoms with van der Waals surface area (Å²) in [5, 5.41) is 2.67. The van der Waals surface area contributed by atoms with E-state index < -0.39 is 0 Å². The van der Waals surface area contributed by atoms with Crippen molar-refractivity contribution in [3.8, 4) is 0 Å². The van der Waals surface area contributed by atoms with Crippen LogP contribution in [0.4, 0.5) is 0 Å². The lowest BCUT2D eigenvalue weighted by atomic mass is 10.1. The fraction of sp³-hybridized carbons (Fsp3) is 0.429. The molecule has 0 unspecified atom stereocenters. The van der Waals surface area contributed by atoms with Crippen LogP contribution < -0.4 is 5.32 Å². The summed E-state index contributed by atoms with van der Waals surface area (Å²) in [7, 11) is 1.50. The van der Waals surface area contributed by atoms with Crippen LogP contribution in [0.15, 0.2) is 29.3 Å². The van der Waals surface area contributed by atoms with E-state index in [2.05, 4.69) is 24.2 Å². The van der Waals surface area contributed by atoms with Crippen molar-refractivity contribution >= 4 is 11.9 Å². The van der Waals surface area contributed by atoms with Crippen molar-refractivity contribution in [3.05, 3.63) is 35.4 Å². The summed E-state index contributed by atoms with van der Waals surface area (Å²) in [6, 6.07) is 7.67. The Balaban J connectivity index is 2.74. The molecule has 0 saturated heterocycles. The van der Waals surface area contributed by atoms with Gasteiger partial charge < -0.3 is 4.74 Å². The first-order valence-electron chi connectivity index (χ1n) is 6.00. The maximum atomic E-state index is 12.0. The number of ether oxygens (including phenoxy) is 1. The van der Waals surface area contributed by atoms with Gasteiger partial charge >= 0.3 is 0 Å². The van der Waals surface area contributed by atoms with Gasteiger partial charge in [-0.3, -0.25) is 10.1 Å². The molecule has 4 nitrogen and oxygen atoms in total. The van der Waals surface area contributed by atoms with Crippen molar-refractivity contribution < 1.29 is 9.53 Å². The number of benzene rings is 1. The van der Waals surface area contributed by atoms with E-state index in [1.165, 1.54) is 7.11 Å². The molecular weight excluding hydrogens is 228 g/mol. The number of nitrogens with one attached hydrogen (secondary N) is 1. The van der Waals surface area contributed by atoms with Crippen molar-refractivity contribution in [2.24, 2.45) is 10.9 Å². The molecule has 4 heteroatoms. The summed E-state index contributed by atoms with van der Waals surface area (Å²) in [5.74, 6) is 0.225. The SMILES string of the molecule is COC(=NCC(C)C)NC(=O)c1ccccc1C. The molecule has 0 aliphatic carbocycles. The highest BCUT2D eigenvalue weighted by molar-refractivity contribution is 6.04. The minimum Gasteiger partial charge on any atom is -0.468 e. The van der Waals surface area contributed by atoms with Gasteiger partial charge in [0.25, 0.3) is 11.9 Å². The van der Waals surface area contributed by atoms with E-state index in [4.69, 9.17) is 4.74 Å². The third-order valence-electron chi connectivity index (χ3n) is 2.40. The number of amidine groups is 1. The van der Waals surface area contributed by atoms with Gasteiger partial charge in [0.15, 0.2) is 0 Å². The zero-order valence-corrected chi connectivity index (χ0v) is 11.4. The summed E-state index contributed by atoms with van der Waals surface area (Å²) < 4.78 is 5.05. The molecule has 98 valence electrons. The van der Waals surface area contributed by atoms with E-state index in [0.717, 1.165) is 5.56 Å². The smallest absolute Gasteiger partial charge is 0.291 e. The third kappa shape index (κ3) is 4.20. The van der Waals surface area contributed by atoms with Gasteiger partial charge in [-0.05, 0) is 24.5 Å². The van der Waals surface area contributed by atoms with Crippen LogP contribution in [0.3, 0.4) is 0 Å². The van der Waals surface area contributed by atoms with Crippen molar-refractivity contribution in [3.63, 3.8) is 0 Å². The van der Waals surface area contributed by atoms with Crippen molar-refractivity contribution in [1.82, 2.24) is 5.32 Å². The Morgan fingerprint density at radius 3 is 2.61 bits per heavy atom. The lowest BCUT2D eigenvalue weighted by molar-refractivity contribution is 0.0967. The first-order chi connectivity index (χ1) is 8.54. The van der Waals surface area contributed by atoms with Gasteiger partial charge in [0, 0.05) is 12.1 Å². The summed E-state index contributed by atoms with van der Waals surface area (Å²) >= 11 is 0. The number of hydrogen-bond donors (Lipinski definition) is 1. The monoisotopic (exact) mass is 248 g/mol. The first kappa shape index (κ1) is 14.2. The van der Waals surface area contributed by atoms with E-state index in [1.54, 1.807) is 6.07 Å². The summed E-state index contributed by atoms with van der Waals surface area (Å²) in [5.41, 5.74) is 1.56. The summed E-state index contributed by atoms with van der Waals surface area (Å²) in [6.45, 7) is 6.63. The van der Waals surface area contributed by atoms with Crippen LogP contribution in [-0.2, 0) is 4.74 Å². The number of nitrogens with zero attached hydrogens (tertiary/aromatic N) is 1. The molecule has 0 aliphatic rings. The molecule has 18 heavy (non-hydrogen) atoms. The minimum atomic E-state index is -0.197. The van der Waals surface area contributed by atoms with Gasteiger partial charge in [0.2, 0.25) is 0 Å². The normalized spacial score (nSPS) is 11.5. The number of carbonyl (C=O) groups excluding carboxylic acids is 1. The fourth-order valence-corrected chi connectivity index (χ4v) is 1.41. The van der Waals surface area contributed by atoms with E-state index in [-0.39, 0.29) is 11.9 Å². The Kier molecular flexibility index (Phi) is 5.36. The van der Waals surface area contributed by atoms with Crippen LogP contribution in [0.2, 0.25) is 0 Å². The quantitative estimate of drug-likeness (QED) is 0.659. The second-order valence-electron chi connectivity index (χ2n) is 4.51. The molecule has 0 heterocycles. The highest BCUT2D eigenvalue weighted by Crippen LogP contribution is 2.06. The molecule has 0 aliphatic heterocycles. The average molecular weight is 248 g/mol. The lowest BCUT2D eigenvalue weighted by Gasteiger charge is -2.09. The van der Waals surface area contributed by atoms with E-state index >= 15 is 0 Å². The Labute approximate surface area is 108 Å². The summed E-state index contributed by atoms with van der Waals surface area (Å²) in [4.78, 5) is 16.2. The number of aryl methyl sites for hydroxylation is 1. The molecule has 1 amide bonds. The number of hydrogen-bond acceptors (Lipinski definition) is 3. The Bertz CT molecular complexity index is 439. The molecule has 0 radical (unpaired) electrons. The number of amides is 1. The minimum absolute atomic E-state index is 0.197. The topological polar surface area (TPSA) is 50.7 Å². The van der Waals surface area contributed by atoms with Gasteiger partial charge in [0.05, 0.1) is 7.11 Å². The van der Waals surface area contributed by atoms with Gasteiger partial charge in [-0.2, -0.15) is 0 Å². The zero-order valence-electron chi connectivity index (χ0n) is 11.4. The van der Waals surface area contributed by atoms with E-state index in [1.807, 2.05) is 25.1 Å². The average Bonchev–Trinajstić information content (AvgIpc) is 2.34. The molecule has 0 aromatic heterocycles. The molecule has 0 spiro atoms. The van der Waals surface area contributed by atoms with Crippen LogP contribution in [0.25, 0.3) is 0 Å². The molecule has 1 aromatic carbocycles. The number of methoxy groups -OCH3 is 1. The van der Waals surface area contributed by atoms with Crippen molar-refractivity contribution in [1.29, 1.82) is 0 Å². The predicted octanol–water partition coefficient (Wildman–Crippen LogP) is 2.38. The Morgan fingerprint density at radius 2 is 2.06 bits per heavy atom. The predicted molar refractivity (Wildman–Crippen MR) is 72.8 cm³/mol. The van der Waals surface area contributed by atoms with Crippen LogP contribution in [-0.4, -0.2) is 25.6 Å². The van der Waals surface area contributed by atoms with E-state index in [0.29, 0.717) is 18.0 Å². The van der Waals surface area contributed by atoms with Gasteiger partial charge in [0.1, 0.15) is 0 Å². The standard InChI is InChI=1S/C14H20N2O2/c1-10(2)9-15-14(18-4)16-13(17)12-8-6-5-7-11(12)3/h5-8,10H,9H2,1-4H3,(H,15,16,17). The van der Waals surface area contributed by atoms with Crippen LogP contribution in [0.5, 0.6) is 0 Å². The molecule has 0 saturated carbocycles. The third-order valence-corrected chi connectivity index (χ3v) is 2.40.